The third-order valence-corrected chi connectivity index (χ3v) is 6.07. The highest BCUT2D eigenvalue weighted by atomic mass is 35.5. The first kappa shape index (κ1) is 22.8. The van der Waals surface area contributed by atoms with E-state index in [0.29, 0.717) is 29.4 Å². The molecular weight excluding hydrogens is 434 g/mol. The summed E-state index contributed by atoms with van der Waals surface area (Å²) in [7, 11) is 0. The van der Waals surface area contributed by atoms with Gasteiger partial charge in [-0.05, 0) is 53.9 Å². The summed E-state index contributed by atoms with van der Waals surface area (Å²) in [6.45, 7) is 0.295. The van der Waals surface area contributed by atoms with Gasteiger partial charge in [0, 0.05) is 28.4 Å². The van der Waals surface area contributed by atoms with Gasteiger partial charge in [-0.3, -0.25) is 19.8 Å². The molecule has 31 heavy (non-hydrogen) atoms. The third-order valence-electron chi connectivity index (χ3n) is 4.64. The topological polar surface area (TPSA) is 91.3 Å². The van der Waals surface area contributed by atoms with E-state index >= 15 is 0 Å². The zero-order valence-corrected chi connectivity index (χ0v) is 18.2. The van der Waals surface area contributed by atoms with E-state index < -0.39 is 11.8 Å². The van der Waals surface area contributed by atoms with E-state index in [-0.39, 0.29) is 5.91 Å². The van der Waals surface area contributed by atoms with Crippen LogP contribution >= 0.6 is 23.4 Å². The molecule has 0 spiro atoms. The summed E-state index contributed by atoms with van der Waals surface area (Å²) in [4.78, 5) is 29.1. The molecule has 8 heteroatoms. The largest absolute Gasteiger partial charge is 0.351 e. The highest BCUT2D eigenvalue weighted by Crippen LogP contribution is 2.27. The second kappa shape index (κ2) is 11.5. The van der Waals surface area contributed by atoms with Crippen LogP contribution in [0.3, 0.4) is 0 Å². The van der Waals surface area contributed by atoms with Gasteiger partial charge in [0.2, 0.25) is 5.91 Å². The Morgan fingerprint density at radius 2 is 1.68 bits per heavy atom. The fraction of sp³-hybridized carbons (Fsp3) is 0.174. The number of hydrogen-bond acceptors (Lipinski definition) is 5. The minimum Gasteiger partial charge on any atom is -0.351 e. The number of hydroxylamine groups is 1. The Labute approximate surface area is 190 Å². The van der Waals surface area contributed by atoms with Crippen LogP contribution in [-0.2, 0) is 4.79 Å². The fourth-order valence-electron chi connectivity index (χ4n) is 2.91. The van der Waals surface area contributed by atoms with Crippen LogP contribution in [0.1, 0.15) is 16.9 Å². The maximum absolute atomic E-state index is 12.1. The first-order valence-corrected chi connectivity index (χ1v) is 11.0. The summed E-state index contributed by atoms with van der Waals surface area (Å²) >= 11 is 7.45. The van der Waals surface area contributed by atoms with E-state index in [2.05, 4.69) is 10.3 Å². The van der Waals surface area contributed by atoms with E-state index in [1.165, 1.54) is 11.8 Å². The number of nitrogens with one attached hydrogen (secondary N) is 2. The Morgan fingerprint density at radius 3 is 2.29 bits per heavy atom. The maximum Gasteiger partial charge on any atom is 0.269 e. The molecule has 160 valence electrons. The van der Waals surface area contributed by atoms with Crippen LogP contribution < -0.4 is 10.8 Å². The Morgan fingerprint density at radius 1 is 1.00 bits per heavy atom. The smallest absolute Gasteiger partial charge is 0.269 e. The van der Waals surface area contributed by atoms with Crippen LogP contribution in [-0.4, -0.2) is 34.3 Å². The lowest BCUT2D eigenvalue weighted by atomic mass is 10.1. The summed E-state index contributed by atoms with van der Waals surface area (Å²) in [5, 5.41) is 12.5. The fourth-order valence-corrected chi connectivity index (χ4v) is 4.08. The maximum atomic E-state index is 12.1. The van der Waals surface area contributed by atoms with Gasteiger partial charge in [0.25, 0.3) is 5.91 Å². The van der Waals surface area contributed by atoms with Crippen molar-refractivity contribution in [3.05, 3.63) is 83.6 Å². The number of thioether (sulfide) groups is 1. The molecule has 3 N–H and O–H groups in total. The van der Waals surface area contributed by atoms with Crippen molar-refractivity contribution in [3.8, 4) is 11.1 Å². The summed E-state index contributed by atoms with van der Waals surface area (Å²) in [5.74, 6) is -0.770. The van der Waals surface area contributed by atoms with E-state index in [0.717, 1.165) is 16.0 Å². The minimum absolute atomic E-state index is 0.295. The molecule has 0 aliphatic heterocycles. The lowest BCUT2D eigenvalue weighted by Gasteiger charge is -2.15. The molecule has 2 aromatic carbocycles. The van der Waals surface area contributed by atoms with Gasteiger partial charge in [-0.25, -0.2) is 5.48 Å². The number of nitrogens with zero attached hydrogens (tertiary/aromatic N) is 1. The lowest BCUT2D eigenvalue weighted by molar-refractivity contribution is -0.132. The Bertz CT molecular complexity index is 999. The number of rotatable bonds is 9. The number of hydrogen-bond donors (Lipinski definition) is 3. The monoisotopic (exact) mass is 455 g/mol. The quantitative estimate of drug-likeness (QED) is 0.252. The molecule has 0 bridgehead atoms. The molecule has 3 aromatic rings. The highest BCUT2D eigenvalue weighted by molar-refractivity contribution is 7.99. The van der Waals surface area contributed by atoms with E-state index in [4.69, 9.17) is 16.8 Å². The van der Waals surface area contributed by atoms with Gasteiger partial charge < -0.3 is 5.32 Å². The van der Waals surface area contributed by atoms with Crippen molar-refractivity contribution in [1.29, 1.82) is 0 Å². The minimum atomic E-state index is -0.475. The van der Waals surface area contributed by atoms with Crippen LogP contribution in [0.5, 0.6) is 0 Å². The molecule has 6 nitrogen and oxygen atoms in total. The molecular formula is C23H22ClN3O3S. The average molecular weight is 456 g/mol. The van der Waals surface area contributed by atoms with Gasteiger partial charge in [0.1, 0.15) is 5.69 Å². The SMILES string of the molecule is O=C(NCCC(CSc1ccc(-c2ccc(Cl)cc2)cc1)C(=O)NO)c1ccccn1. The van der Waals surface area contributed by atoms with Crippen molar-refractivity contribution in [2.45, 2.75) is 11.3 Å². The van der Waals surface area contributed by atoms with Crippen LogP contribution in [0.15, 0.2) is 77.8 Å². The van der Waals surface area contributed by atoms with Gasteiger partial charge in [-0.15, -0.1) is 11.8 Å². The molecule has 0 aliphatic rings. The first-order valence-electron chi connectivity index (χ1n) is 9.69. The second-order valence-corrected chi connectivity index (χ2v) is 8.30. The third kappa shape index (κ3) is 6.82. The number of aromatic nitrogens is 1. The van der Waals surface area contributed by atoms with Gasteiger partial charge in [-0.2, -0.15) is 0 Å². The average Bonchev–Trinajstić information content (AvgIpc) is 2.82. The van der Waals surface area contributed by atoms with E-state index in [9.17, 15) is 9.59 Å². The summed E-state index contributed by atoms with van der Waals surface area (Å²) in [6.07, 6.45) is 1.94. The Hall–Kier alpha value is -2.87. The molecule has 0 aliphatic carbocycles. The molecule has 3 rings (SSSR count). The van der Waals surface area contributed by atoms with Crippen molar-refractivity contribution in [3.63, 3.8) is 0 Å². The van der Waals surface area contributed by atoms with E-state index in [1.807, 2.05) is 48.5 Å². The van der Waals surface area contributed by atoms with Crippen molar-refractivity contribution in [2.24, 2.45) is 5.92 Å². The normalized spacial score (nSPS) is 11.5. The number of amides is 2. The number of benzene rings is 2. The highest BCUT2D eigenvalue weighted by Gasteiger charge is 2.19. The molecule has 0 fully saturated rings. The van der Waals surface area contributed by atoms with Crippen LogP contribution in [0.25, 0.3) is 11.1 Å². The molecule has 1 atom stereocenters. The number of pyridine rings is 1. The zero-order valence-electron chi connectivity index (χ0n) is 16.6. The number of halogens is 1. The molecule has 2 amide bonds. The van der Waals surface area contributed by atoms with Gasteiger partial charge in [-0.1, -0.05) is 41.9 Å². The summed E-state index contributed by atoms with van der Waals surface area (Å²) in [5.41, 5.74) is 4.18. The molecule has 1 aromatic heterocycles. The van der Waals surface area contributed by atoms with Gasteiger partial charge >= 0.3 is 0 Å². The molecule has 0 saturated heterocycles. The summed E-state index contributed by atoms with van der Waals surface area (Å²) in [6, 6.07) is 20.7. The van der Waals surface area contributed by atoms with Crippen LogP contribution in [0.2, 0.25) is 5.02 Å². The molecule has 0 saturated carbocycles. The van der Waals surface area contributed by atoms with Crippen molar-refractivity contribution < 1.29 is 14.8 Å². The molecule has 0 radical (unpaired) electrons. The Kier molecular flexibility index (Phi) is 8.46. The van der Waals surface area contributed by atoms with Crippen LogP contribution in [0.4, 0.5) is 0 Å². The zero-order chi connectivity index (χ0) is 22.1. The van der Waals surface area contributed by atoms with Crippen LogP contribution in [0, 0.1) is 5.92 Å². The van der Waals surface area contributed by atoms with Gasteiger partial charge in [0.15, 0.2) is 0 Å². The first-order chi connectivity index (χ1) is 15.1. The molecule has 1 heterocycles. The van der Waals surface area contributed by atoms with Crippen molar-refractivity contribution >= 4 is 35.2 Å². The van der Waals surface area contributed by atoms with Gasteiger partial charge in [0.05, 0.1) is 5.92 Å². The van der Waals surface area contributed by atoms with Crippen molar-refractivity contribution in [2.75, 3.05) is 12.3 Å². The standard InChI is InChI=1S/C23H22ClN3O3S/c24-19-8-4-16(5-9-19)17-6-10-20(11-7-17)31-15-18(22(28)27-30)12-14-26-23(29)21-3-1-2-13-25-21/h1-11,13,18,30H,12,14-15H2,(H,26,29)(H,27,28). The lowest BCUT2D eigenvalue weighted by Crippen LogP contribution is -2.33. The van der Waals surface area contributed by atoms with E-state index in [1.54, 1.807) is 29.9 Å². The molecule has 1 unspecified atom stereocenters. The number of carbonyl (C=O) groups excluding carboxylic acids is 2. The Balaban J connectivity index is 1.53. The number of carbonyl (C=O) groups is 2. The summed E-state index contributed by atoms with van der Waals surface area (Å²) < 4.78 is 0. The van der Waals surface area contributed by atoms with Crippen molar-refractivity contribution in [1.82, 2.24) is 15.8 Å². The predicted octanol–water partition coefficient (Wildman–Crippen LogP) is 4.44. The predicted molar refractivity (Wildman–Crippen MR) is 122 cm³/mol. The second-order valence-electron chi connectivity index (χ2n) is 6.77.